The van der Waals surface area contributed by atoms with Crippen LogP contribution in [-0.4, -0.2) is 21.5 Å². The van der Waals surface area contributed by atoms with E-state index in [9.17, 15) is 0 Å². The molecule has 0 spiro atoms. The predicted molar refractivity (Wildman–Crippen MR) is 87.4 cm³/mol. The number of halogens is 2. The fraction of sp³-hybridized carbons (Fsp3) is 0.438. The van der Waals surface area contributed by atoms with Crippen molar-refractivity contribution in [3.63, 3.8) is 0 Å². The van der Waals surface area contributed by atoms with Gasteiger partial charge in [0, 0.05) is 27.7 Å². The second-order valence-electron chi connectivity index (χ2n) is 5.51. The van der Waals surface area contributed by atoms with Gasteiger partial charge in [0.25, 0.3) is 0 Å². The molecule has 0 aliphatic rings. The highest BCUT2D eigenvalue weighted by molar-refractivity contribution is 6.34. The molecule has 2 rings (SSSR count). The van der Waals surface area contributed by atoms with E-state index in [1.165, 1.54) is 5.56 Å². The molecule has 5 heteroatoms. The summed E-state index contributed by atoms with van der Waals surface area (Å²) in [5.41, 5.74) is 4.42. The molecule has 2 aromatic rings. The van der Waals surface area contributed by atoms with E-state index in [1.54, 1.807) is 6.07 Å². The molecule has 21 heavy (non-hydrogen) atoms. The predicted octanol–water partition coefficient (Wildman–Crippen LogP) is 4.20. The van der Waals surface area contributed by atoms with E-state index < -0.39 is 0 Å². The first-order chi connectivity index (χ1) is 9.92. The summed E-state index contributed by atoms with van der Waals surface area (Å²) in [6.07, 6.45) is 0.741. The standard InChI is InChI=1S/C16H20Cl2N2O/c1-10(2)16-15(11(3)20(19-16)4-5-21)8-12-6-13(17)9-14(18)7-12/h6-7,9-10,21H,4-5,8H2,1-3H3. The Morgan fingerprint density at radius 1 is 1.19 bits per heavy atom. The van der Waals surface area contributed by atoms with Crippen molar-refractivity contribution in [1.29, 1.82) is 0 Å². The molecule has 0 saturated heterocycles. The van der Waals surface area contributed by atoms with Crippen molar-refractivity contribution in [3.05, 3.63) is 50.8 Å². The minimum absolute atomic E-state index is 0.0858. The van der Waals surface area contributed by atoms with Gasteiger partial charge in [-0.1, -0.05) is 37.0 Å². The van der Waals surface area contributed by atoms with Crippen molar-refractivity contribution in [2.45, 2.75) is 39.7 Å². The van der Waals surface area contributed by atoms with E-state index in [0.717, 1.165) is 23.4 Å². The summed E-state index contributed by atoms with van der Waals surface area (Å²) < 4.78 is 1.87. The lowest BCUT2D eigenvalue weighted by atomic mass is 9.98. The van der Waals surface area contributed by atoms with E-state index in [2.05, 4.69) is 18.9 Å². The number of aromatic nitrogens is 2. The molecule has 0 unspecified atom stereocenters. The summed E-state index contributed by atoms with van der Waals surface area (Å²) in [7, 11) is 0. The maximum Gasteiger partial charge on any atom is 0.0688 e. The number of benzene rings is 1. The highest BCUT2D eigenvalue weighted by Crippen LogP contribution is 2.27. The van der Waals surface area contributed by atoms with Gasteiger partial charge in [0.15, 0.2) is 0 Å². The van der Waals surface area contributed by atoms with Crippen LogP contribution >= 0.6 is 23.2 Å². The van der Waals surface area contributed by atoms with E-state index in [4.69, 9.17) is 28.3 Å². The van der Waals surface area contributed by atoms with Crippen molar-refractivity contribution >= 4 is 23.2 Å². The lowest BCUT2D eigenvalue weighted by Gasteiger charge is -2.08. The summed E-state index contributed by atoms with van der Waals surface area (Å²) >= 11 is 12.2. The van der Waals surface area contributed by atoms with Gasteiger partial charge in [-0.15, -0.1) is 0 Å². The van der Waals surface area contributed by atoms with Crippen molar-refractivity contribution < 1.29 is 5.11 Å². The van der Waals surface area contributed by atoms with Crippen LogP contribution in [0, 0.1) is 6.92 Å². The molecule has 0 bridgehead atoms. The summed E-state index contributed by atoms with van der Waals surface area (Å²) in [5, 5.41) is 15.1. The van der Waals surface area contributed by atoms with Crippen LogP contribution in [0.4, 0.5) is 0 Å². The number of rotatable bonds is 5. The number of aliphatic hydroxyl groups excluding tert-OH is 1. The Bertz CT molecular complexity index is 615. The van der Waals surface area contributed by atoms with Crippen molar-refractivity contribution in [2.24, 2.45) is 0 Å². The second-order valence-corrected chi connectivity index (χ2v) is 6.38. The Balaban J connectivity index is 2.42. The molecule has 0 atom stereocenters. The Hall–Kier alpha value is -1.03. The highest BCUT2D eigenvalue weighted by Gasteiger charge is 2.17. The van der Waals surface area contributed by atoms with Crippen molar-refractivity contribution in [1.82, 2.24) is 9.78 Å². The second kappa shape index (κ2) is 6.82. The van der Waals surface area contributed by atoms with Gasteiger partial charge in [0.1, 0.15) is 0 Å². The first kappa shape index (κ1) is 16.3. The monoisotopic (exact) mass is 326 g/mol. The van der Waals surface area contributed by atoms with Gasteiger partial charge in [0.05, 0.1) is 18.8 Å². The third-order valence-corrected chi connectivity index (χ3v) is 3.96. The summed E-state index contributed by atoms with van der Waals surface area (Å²) in [6.45, 7) is 6.89. The van der Waals surface area contributed by atoms with Crippen LogP contribution in [0.3, 0.4) is 0 Å². The zero-order valence-corrected chi connectivity index (χ0v) is 14.0. The van der Waals surface area contributed by atoms with Crippen LogP contribution in [0.15, 0.2) is 18.2 Å². The third-order valence-electron chi connectivity index (χ3n) is 3.52. The molecular formula is C16H20Cl2N2O. The molecule has 0 aliphatic carbocycles. The van der Waals surface area contributed by atoms with E-state index in [1.807, 2.05) is 23.7 Å². The number of aliphatic hydroxyl groups is 1. The van der Waals surface area contributed by atoms with Crippen LogP contribution in [0.1, 0.15) is 42.3 Å². The average molecular weight is 327 g/mol. The van der Waals surface area contributed by atoms with E-state index >= 15 is 0 Å². The van der Waals surface area contributed by atoms with Gasteiger partial charge in [-0.25, -0.2) is 0 Å². The average Bonchev–Trinajstić information content (AvgIpc) is 2.67. The number of hydrogen-bond acceptors (Lipinski definition) is 2. The molecule has 1 N–H and O–H groups in total. The normalized spacial score (nSPS) is 11.4. The Morgan fingerprint density at radius 3 is 2.33 bits per heavy atom. The van der Waals surface area contributed by atoms with Crippen LogP contribution < -0.4 is 0 Å². The Labute approximate surface area is 135 Å². The number of nitrogens with zero attached hydrogens (tertiary/aromatic N) is 2. The molecule has 1 aromatic heterocycles. The zero-order chi connectivity index (χ0) is 15.6. The molecule has 3 nitrogen and oxygen atoms in total. The largest absolute Gasteiger partial charge is 0.394 e. The fourth-order valence-electron chi connectivity index (χ4n) is 2.52. The van der Waals surface area contributed by atoms with E-state index in [0.29, 0.717) is 22.5 Å². The SMILES string of the molecule is Cc1c(Cc2cc(Cl)cc(Cl)c2)c(C(C)C)nn1CCO. The summed E-state index contributed by atoms with van der Waals surface area (Å²) in [6, 6.07) is 5.60. The van der Waals surface area contributed by atoms with Crippen molar-refractivity contribution in [3.8, 4) is 0 Å². The molecular weight excluding hydrogens is 307 g/mol. The zero-order valence-electron chi connectivity index (χ0n) is 12.5. The molecule has 0 saturated carbocycles. The van der Waals surface area contributed by atoms with Gasteiger partial charge in [-0.3, -0.25) is 4.68 Å². The maximum absolute atomic E-state index is 9.15. The molecule has 0 amide bonds. The molecule has 0 aliphatic heterocycles. The molecule has 0 radical (unpaired) electrons. The van der Waals surface area contributed by atoms with Gasteiger partial charge in [-0.2, -0.15) is 5.10 Å². The fourth-order valence-corrected chi connectivity index (χ4v) is 3.09. The van der Waals surface area contributed by atoms with Crippen LogP contribution in [-0.2, 0) is 13.0 Å². The first-order valence-electron chi connectivity index (χ1n) is 7.04. The first-order valence-corrected chi connectivity index (χ1v) is 7.80. The van der Waals surface area contributed by atoms with E-state index in [-0.39, 0.29) is 6.61 Å². The van der Waals surface area contributed by atoms with Gasteiger partial charge >= 0.3 is 0 Å². The summed E-state index contributed by atoms with van der Waals surface area (Å²) in [4.78, 5) is 0. The van der Waals surface area contributed by atoms with Gasteiger partial charge < -0.3 is 5.11 Å². The smallest absolute Gasteiger partial charge is 0.0688 e. The van der Waals surface area contributed by atoms with Gasteiger partial charge in [-0.05, 0) is 36.6 Å². The van der Waals surface area contributed by atoms with Crippen molar-refractivity contribution in [2.75, 3.05) is 6.61 Å². The van der Waals surface area contributed by atoms with Crippen LogP contribution in [0.5, 0.6) is 0 Å². The van der Waals surface area contributed by atoms with Crippen LogP contribution in [0.25, 0.3) is 0 Å². The molecule has 1 heterocycles. The Morgan fingerprint density at radius 2 is 1.81 bits per heavy atom. The topological polar surface area (TPSA) is 38.0 Å². The Kier molecular flexibility index (Phi) is 5.31. The minimum Gasteiger partial charge on any atom is -0.394 e. The third kappa shape index (κ3) is 3.79. The van der Waals surface area contributed by atoms with Crippen LogP contribution in [0.2, 0.25) is 10.0 Å². The highest BCUT2D eigenvalue weighted by atomic mass is 35.5. The molecule has 114 valence electrons. The number of hydrogen-bond donors (Lipinski definition) is 1. The summed E-state index contributed by atoms with van der Waals surface area (Å²) in [5.74, 6) is 0.327. The van der Waals surface area contributed by atoms with Gasteiger partial charge in [0.2, 0.25) is 0 Å². The lowest BCUT2D eigenvalue weighted by Crippen LogP contribution is -2.06. The quantitative estimate of drug-likeness (QED) is 0.893. The lowest BCUT2D eigenvalue weighted by molar-refractivity contribution is 0.267. The minimum atomic E-state index is 0.0858. The molecule has 0 fully saturated rings. The maximum atomic E-state index is 9.15. The molecule has 1 aromatic carbocycles.